The Morgan fingerprint density at radius 2 is 2.04 bits per heavy atom. The van der Waals surface area contributed by atoms with Crippen molar-refractivity contribution in [2.45, 2.75) is 19.9 Å². The molecule has 5 nitrogen and oxygen atoms in total. The number of aromatic nitrogens is 1. The summed E-state index contributed by atoms with van der Waals surface area (Å²) >= 11 is 0. The summed E-state index contributed by atoms with van der Waals surface area (Å²) in [5.41, 5.74) is 2.96. The van der Waals surface area contributed by atoms with Crippen LogP contribution in [0.3, 0.4) is 0 Å². The Hall–Kier alpha value is -3.13. The molecule has 1 heterocycles. The van der Waals surface area contributed by atoms with Gasteiger partial charge in [-0.05, 0) is 35.7 Å². The van der Waals surface area contributed by atoms with Crippen LogP contribution in [0.15, 0.2) is 60.6 Å². The smallest absolute Gasteiger partial charge is 0.263 e. The van der Waals surface area contributed by atoms with Crippen LogP contribution in [0.4, 0.5) is 5.69 Å². The molecule has 1 amide bonds. The standard InChI is InChI=1S/C18H18N4O/c1-2-14-5-7-17(8-6-14)21-13-16(10-19)18(23)22-12-15-4-3-9-20-11-15/h3-9,11,13,21H,2,12H2,1H3,(H,22,23)/b16-13-. The summed E-state index contributed by atoms with van der Waals surface area (Å²) < 4.78 is 0. The number of nitriles is 1. The first-order valence-electron chi connectivity index (χ1n) is 7.35. The highest BCUT2D eigenvalue weighted by molar-refractivity contribution is 5.97. The van der Waals surface area contributed by atoms with Gasteiger partial charge in [0.1, 0.15) is 11.6 Å². The van der Waals surface area contributed by atoms with Gasteiger partial charge in [0.25, 0.3) is 5.91 Å². The van der Waals surface area contributed by atoms with E-state index >= 15 is 0 Å². The van der Waals surface area contributed by atoms with Crippen LogP contribution < -0.4 is 10.6 Å². The van der Waals surface area contributed by atoms with Crippen molar-refractivity contribution in [3.05, 3.63) is 71.7 Å². The molecule has 0 unspecified atom stereocenters. The first-order chi connectivity index (χ1) is 11.2. The van der Waals surface area contributed by atoms with E-state index in [0.717, 1.165) is 17.7 Å². The van der Waals surface area contributed by atoms with Crippen molar-refractivity contribution in [1.82, 2.24) is 10.3 Å². The van der Waals surface area contributed by atoms with Crippen molar-refractivity contribution in [2.75, 3.05) is 5.32 Å². The molecule has 1 aromatic heterocycles. The van der Waals surface area contributed by atoms with Gasteiger partial charge in [0.15, 0.2) is 0 Å². The van der Waals surface area contributed by atoms with E-state index in [0.29, 0.717) is 6.54 Å². The number of hydrogen-bond acceptors (Lipinski definition) is 4. The van der Waals surface area contributed by atoms with E-state index in [1.54, 1.807) is 18.5 Å². The molecule has 0 fully saturated rings. The van der Waals surface area contributed by atoms with Crippen molar-refractivity contribution < 1.29 is 4.79 Å². The third kappa shape index (κ3) is 4.97. The lowest BCUT2D eigenvalue weighted by molar-refractivity contribution is -0.117. The molecule has 0 aliphatic carbocycles. The Labute approximate surface area is 135 Å². The Morgan fingerprint density at radius 1 is 1.26 bits per heavy atom. The number of nitrogens with one attached hydrogen (secondary N) is 2. The van der Waals surface area contributed by atoms with E-state index in [9.17, 15) is 4.79 Å². The van der Waals surface area contributed by atoms with Gasteiger partial charge in [0.2, 0.25) is 0 Å². The van der Waals surface area contributed by atoms with E-state index in [1.807, 2.05) is 36.4 Å². The lowest BCUT2D eigenvalue weighted by Crippen LogP contribution is -2.24. The molecular formula is C18H18N4O. The second kappa shape index (κ2) is 8.35. The second-order valence-electron chi connectivity index (χ2n) is 4.91. The average Bonchev–Trinajstić information content (AvgIpc) is 2.62. The van der Waals surface area contributed by atoms with Crippen LogP contribution in [0.2, 0.25) is 0 Å². The Bertz CT molecular complexity index is 715. The molecule has 0 bridgehead atoms. The van der Waals surface area contributed by atoms with E-state index in [4.69, 9.17) is 5.26 Å². The van der Waals surface area contributed by atoms with Crippen LogP contribution in [-0.4, -0.2) is 10.9 Å². The van der Waals surface area contributed by atoms with Crippen LogP contribution in [0, 0.1) is 11.3 Å². The van der Waals surface area contributed by atoms with Gasteiger partial charge >= 0.3 is 0 Å². The van der Waals surface area contributed by atoms with Crippen LogP contribution in [0.25, 0.3) is 0 Å². The molecule has 2 rings (SSSR count). The molecule has 2 N–H and O–H groups in total. The van der Waals surface area contributed by atoms with Gasteiger partial charge in [-0.1, -0.05) is 25.1 Å². The molecule has 23 heavy (non-hydrogen) atoms. The molecule has 0 aliphatic rings. The first-order valence-corrected chi connectivity index (χ1v) is 7.35. The highest BCUT2D eigenvalue weighted by Crippen LogP contribution is 2.10. The normalized spacial score (nSPS) is 10.7. The topological polar surface area (TPSA) is 77.8 Å². The fraction of sp³-hybridized carbons (Fsp3) is 0.167. The molecule has 0 atom stereocenters. The highest BCUT2D eigenvalue weighted by atomic mass is 16.1. The van der Waals surface area contributed by atoms with E-state index < -0.39 is 5.91 Å². The molecular weight excluding hydrogens is 288 g/mol. The van der Waals surface area contributed by atoms with Gasteiger partial charge in [0, 0.05) is 30.8 Å². The zero-order valence-electron chi connectivity index (χ0n) is 12.9. The zero-order chi connectivity index (χ0) is 16.5. The van der Waals surface area contributed by atoms with Crippen molar-refractivity contribution in [2.24, 2.45) is 0 Å². The second-order valence-corrected chi connectivity index (χ2v) is 4.91. The molecule has 0 saturated carbocycles. The fourth-order valence-electron chi connectivity index (χ4n) is 1.92. The molecule has 0 spiro atoms. The predicted molar refractivity (Wildman–Crippen MR) is 89.2 cm³/mol. The third-order valence-corrected chi connectivity index (χ3v) is 3.29. The van der Waals surface area contributed by atoms with Crippen LogP contribution in [0.5, 0.6) is 0 Å². The summed E-state index contributed by atoms with van der Waals surface area (Å²) in [4.78, 5) is 16.0. The third-order valence-electron chi connectivity index (χ3n) is 3.29. The molecule has 116 valence electrons. The van der Waals surface area contributed by atoms with Gasteiger partial charge in [-0.25, -0.2) is 0 Å². The number of rotatable bonds is 6. The van der Waals surface area contributed by atoms with Crippen LogP contribution in [0.1, 0.15) is 18.1 Å². The molecule has 1 aromatic carbocycles. The van der Waals surface area contributed by atoms with Gasteiger partial charge < -0.3 is 10.6 Å². The number of aryl methyl sites for hydroxylation is 1. The van der Waals surface area contributed by atoms with Gasteiger partial charge in [-0.3, -0.25) is 9.78 Å². The summed E-state index contributed by atoms with van der Waals surface area (Å²) in [6, 6.07) is 13.4. The summed E-state index contributed by atoms with van der Waals surface area (Å²) in [5.74, 6) is -0.422. The maximum absolute atomic E-state index is 12.0. The van der Waals surface area contributed by atoms with Crippen molar-refractivity contribution >= 4 is 11.6 Å². The van der Waals surface area contributed by atoms with Crippen molar-refractivity contribution in [1.29, 1.82) is 5.26 Å². The Balaban J connectivity index is 1.94. The lowest BCUT2D eigenvalue weighted by Gasteiger charge is -2.05. The van der Waals surface area contributed by atoms with Crippen molar-refractivity contribution in [3.8, 4) is 6.07 Å². The summed E-state index contributed by atoms with van der Waals surface area (Å²) in [6.45, 7) is 2.42. The quantitative estimate of drug-likeness (QED) is 0.635. The Kier molecular flexibility index (Phi) is 5.89. The van der Waals surface area contributed by atoms with Gasteiger partial charge in [0.05, 0.1) is 0 Å². The highest BCUT2D eigenvalue weighted by Gasteiger charge is 2.08. The van der Waals surface area contributed by atoms with Crippen molar-refractivity contribution in [3.63, 3.8) is 0 Å². The summed E-state index contributed by atoms with van der Waals surface area (Å²) in [5, 5.41) is 14.8. The van der Waals surface area contributed by atoms with E-state index in [-0.39, 0.29) is 5.57 Å². The minimum Gasteiger partial charge on any atom is -0.360 e. The molecule has 0 aliphatic heterocycles. The number of nitrogens with zero attached hydrogens (tertiary/aromatic N) is 2. The van der Waals surface area contributed by atoms with E-state index in [1.165, 1.54) is 11.8 Å². The predicted octanol–water partition coefficient (Wildman–Crippen LogP) is 2.78. The molecule has 2 aromatic rings. The number of carbonyl (C=O) groups excluding carboxylic acids is 1. The molecule has 0 saturated heterocycles. The number of carbonyl (C=O) groups is 1. The van der Waals surface area contributed by atoms with Crippen LogP contribution >= 0.6 is 0 Å². The van der Waals surface area contributed by atoms with Crippen LogP contribution in [-0.2, 0) is 17.8 Å². The SMILES string of the molecule is CCc1ccc(N/C=C(/C#N)C(=O)NCc2cccnc2)cc1. The monoisotopic (exact) mass is 306 g/mol. The largest absolute Gasteiger partial charge is 0.360 e. The minimum absolute atomic E-state index is 0.0217. The first kappa shape index (κ1) is 16.2. The number of pyridine rings is 1. The Morgan fingerprint density at radius 3 is 2.65 bits per heavy atom. The lowest BCUT2D eigenvalue weighted by atomic mass is 10.1. The van der Waals surface area contributed by atoms with E-state index in [2.05, 4.69) is 22.5 Å². The summed E-state index contributed by atoms with van der Waals surface area (Å²) in [6.07, 6.45) is 5.72. The average molecular weight is 306 g/mol. The molecule has 0 radical (unpaired) electrons. The number of amides is 1. The zero-order valence-corrected chi connectivity index (χ0v) is 12.9. The van der Waals surface area contributed by atoms with Gasteiger partial charge in [-0.15, -0.1) is 0 Å². The molecule has 5 heteroatoms. The summed E-state index contributed by atoms with van der Waals surface area (Å²) in [7, 11) is 0. The maximum Gasteiger partial charge on any atom is 0.263 e. The van der Waals surface area contributed by atoms with Gasteiger partial charge in [-0.2, -0.15) is 5.26 Å². The minimum atomic E-state index is -0.422. The number of anilines is 1. The maximum atomic E-state index is 12.0. The number of hydrogen-bond donors (Lipinski definition) is 2. The number of benzene rings is 1. The fourth-order valence-corrected chi connectivity index (χ4v) is 1.92.